The van der Waals surface area contributed by atoms with Crippen LogP contribution in [0.1, 0.15) is 11.5 Å². The average molecular weight is 355 g/mol. The first kappa shape index (κ1) is 16.3. The highest BCUT2D eigenvalue weighted by atomic mass is 32.1. The summed E-state index contributed by atoms with van der Waals surface area (Å²) in [5, 5.41) is 6.38. The van der Waals surface area contributed by atoms with Crippen LogP contribution in [-0.2, 0) is 0 Å². The Labute approximate surface area is 156 Å². The lowest BCUT2D eigenvalue weighted by atomic mass is 10.1. The molecule has 0 aliphatic carbocycles. The van der Waals surface area contributed by atoms with Gasteiger partial charge in [-0.25, -0.2) is 4.98 Å². The molecule has 0 saturated heterocycles. The highest BCUT2D eigenvalue weighted by Gasteiger charge is 2.06. The maximum absolute atomic E-state index is 5.80. The molecule has 0 unspecified atom stereocenters. The van der Waals surface area contributed by atoms with Crippen molar-refractivity contribution in [1.82, 2.24) is 4.98 Å². The van der Waals surface area contributed by atoms with Gasteiger partial charge in [0.05, 0.1) is 0 Å². The van der Waals surface area contributed by atoms with Crippen LogP contribution in [-0.4, -0.2) is 4.98 Å². The van der Waals surface area contributed by atoms with E-state index >= 15 is 0 Å². The minimum atomic E-state index is 0.630. The predicted molar refractivity (Wildman–Crippen MR) is 111 cm³/mol. The Morgan fingerprint density at radius 1 is 0.731 bits per heavy atom. The summed E-state index contributed by atoms with van der Waals surface area (Å²) in [4.78, 5) is 4.60. The van der Waals surface area contributed by atoms with E-state index in [-0.39, 0.29) is 0 Å². The van der Waals surface area contributed by atoms with Crippen molar-refractivity contribution in [1.29, 1.82) is 0 Å². The Kier molecular flexibility index (Phi) is 4.90. The van der Waals surface area contributed by atoms with E-state index in [1.54, 1.807) is 11.3 Å². The topological polar surface area (TPSA) is 26.0 Å². The highest BCUT2D eigenvalue weighted by molar-refractivity contribution is 7.07. The monoisotopic (exact) mass is 355 g/mol. The quantitative estimate of drug-likeness (QED) is 0.344. The lowest BCUT2D eigenvalue weighted by molar-refractivity contribution is 0.590. The summed E-state index contributed by atoms with van der Waals surface area (Å²) < 4.78 is 5.80. The van der Waals surface area contributed by atoms with E-state index in [1.165, 1.54) is 5.39 Å². The molecule has 2 aromatic heterocycles. The molecule has 0 bridgehead atoms. The van der Waals surface area contributed by atoms with Gasteiger partial charge < -0.3 is 4.42 Å². The van der Waals surface area contributed by atoms with Gasteiger partial charge in [0.1, 0.15) is 5.52 Å². The van der Waals surface area contributed by atoms with Crippen molar-refractivity contribution in [2.24, 2.45) is 0 Å². The molecule has 0 saturated carbocycles. The van der Waals surface area contributed by atoms with Crippen molar-refractivity contribution in [2.45, 2.75) is 0 Å². The predicted octanol–water partition coefficient (Wildman–Crippen LogP) is 6.90. The standard InChI is InChI=1S/C19H13NO.C4H4S/c1-2-6-14(7-3-1)10-13-18-20-19-16-9-5-4-8-15(16)11-12-17(19)21-18;1-2-4-5-3-1/h1-13H;1-4H. The molecule has 5 rings (SSSR count). The number of hydrogen-bond acceptors (Lipinski definition) is 3. The molecule has 0 spiro atoms. The zero-order valence-electron chi connectivity index (χ0n) is 14.1. The summed E-state index contributed by atoms with van der Waals surface area (Å²) >= 11 is 1.71. The number of oxazole rings is 1. The SMILES string of the molecule is C(=Cc1nc2c(ccc3ccccc32)o1)c1ccccc1.c1ccsc1. The van der Waals surface area contributed by atoms with Crippen LogP contribution in [0.2, 0.25) is 0 Å². The Hall–Kier alpha value is -3.17. The van der Waals surface area contributed by atoms with Crippen molar-refractivity contribution in [3.8, 4) is 0 Å². The van der Waals surface area contributed by atoms with Crippen LogP contribution in [0.25, 0.3) is 34.0 Å². The lowest BCUT2D eigenvalue weighted by Gasteiger charge is -1.95. The molecule has 3 heteroatoms. The Balaban J connectivity index is 0.000000292. The van der Waals surface area contributed by atoms with Crippen molar-refractivity contribution >= 4 is 45.4 Å². The van der Waals surface area contributed by atoms with Crippen LogP contribution in [0.5, 0.6) is 0 Å². The summed E-state index contributed by atoms with van der Waals surface area (Å²) in [6, 6.07) is 26.4. The van der Waals surface area contributed by atoms with E-state index in [0.717, 1.165) is 22.0 Å². The molecule has 0 N–H and O–H groups in total. The lowest BCUT2D eigenvalue weighted by Crippen LogP contribution is -1.75. The fourth-order valence-electron chi connectivity index (χ4n) is 2.71. The molecule has 0 aliphatic heterocycles. The van der Waals surface area contributed by atoms with Crippen LogP contribution in [0.3, 0.4) is 0 Å². The molecular formula is C23H17NOS. The van der Waals surface area contributed by atoms with E-state index in [9.17, 15) is 0 Å². The first-order valence-electron chi connectivity index (χ1n) is 8.39. The smallest absolute Gasteiger partial charge is 0.220 e. The molecule has 126 valence electrons. The average Bonchev–Trinajstić information content (AvgIpc) is 3.40. The van der Waals surface area contributed by atoms with Gasteiger partial charge in [-0.2, -0.15) is 11.3 Å². The second-order valence-electron chi connectivity index (χ2n) is 5.72. The summed E-state index contributed by atoms with van der Waals surface area (Å²) in [6.45, 7) is 0. The molecule has 5 aromatic rings. The zero-order valence-corrected chi connectivity index (χ0v) is 14.9. The first-order chi connectivity index (χ1) is 12.9. The normalized spacial score (nSPS) is 10.9. The van der Waals surface area contributed by atoms with E-state index in [4.69, 9.17) is 4.42 Å². The fourth-order valence-corrected chi connectivity index (χ4v) is 3.16. The van der Waals surface area contributed by atoms with Gasteiger partial charge in [0.15, 0.2) is 5.58 Å². The van der Waals surface area contributed by atoms with Gasteiger partial charge in [-0.15, -0.1) is 0 Å². The molecule has 0 atom stereocenters. The van der Waals surface area contributed by atoms with Crippen LogP contribution >= 0.6 is 11.3 Å². The molecule has 2 heterocycles. The number of aromatic nitrogens is 1. The third kappa shape index (κ3) is 3.73. The molecule has 0 fully saturated rings. The minimum absolute atomic E-state index is 0.630. The van der Waals surface area contributed by atoms with E-state index < -0.39 is 0 Å². The summed E-state index contributed by atoms with van der Waals surface area (Å²) in [7, 11) is 0. The van der Waals surface area contributed by atoms with Crippen molar-refractivity contribution < 1.29 is 4.42 Å². The van der Waals surface area contributed by atoms with Gasteiger partial charge in [0.2, 0.25) is 5.89 Å². The Morgan fingerprint density at radius 3 is 2.27 bits per heavy atom. The van der Waals surface area contributed by atoms with Gasteiger partial charge in [0.25, 0.3) is 0 Å². The number of fused-ring (bicyclic) bond motifs is 3. The molecule has 3 aromatic carbocycles. The minimum Gasteiger partial charge on any atom is -0.437 e. The van der Waals surface area contributed by atoms with E-state index in [0.29, 0.717) is 5.89 Å². The molecule has 2 nitrogen and oxygen atoms in total. The van der Waals surface area contributed by atoms with Gasteiger partial charge in [0, 0.05) is 11.5 Å². The number of benzene rings is 3. The van der Waals surface area contributed by atoms with Crippen molar-refractivity contribution in [3.63, 3.8) is 0 Å². The fraction of sp³-hybridized carbons (Fsp3) is 0. The molecule has 0 amide bonds. The number of thiophene rings is 1. The second-order valence-corrected chi connectivity index (χ2v) is 6.54. The summed E-state index contributed by atoms with van der Waals surface area (Å²) in [5.41, 5.74) is 2.87. The maximum atomic E-state index is 5.80. The molecule has 0 aliphatic rings. The molecule has 0 radical (unpaired) electrons. The molecule has 26 heavy (non-hydrogen) atoms. The van der Waals surface area contributed by atoms with Gasteiger partial charge in [-0.05, 0) is 33.9 Å². The largest absolute Gasteiger partial charge is 0.437 e. The van der Waals surface area contributed by atoms with Gasteiger partial charge in [-0.1, -0.05) is 72.8 Å². The number of rotatable bonds is 2. The molecular weight excluding hydrogens is 338 g/mol. The van der Waals surface area contributed by atoms with Gasteiger partial charge >= 0.3 is 0 Å². The number of hydrogen-bond donors (Lipinski definition) is 0. The van der Waals surface area contributed by atoms with Crippen molar-refractivity contribution in [3.05, 3.63) is 101 Å². The maximum Gasteiger partial charge on any atom is 0.220 e. The summed E-state index contributed by atoms with van der Waals surface area (Å²) in [6.07, 6.45) is 3.91. The van der Waals surface area contributed by atoms with Crippen LogP contribution in [0.4, 0.5) is 0 Å². The second kappa shape index (κ2) is 7.81. The number of nitrogens with zero attached hydrogens (tertiary/aromatic N) is 1. The third-order valence-corrected chi connectivity index (χ3v) is 4.57. The van der Waals surface area contributed by atoms with E-state index in [2.05, 4.69) is 35.3 Å². The van der Waals surface area contributed by atoms with Crippen LogP contribution < -0.4 is 0 Å². The van der Waals surface area contributed by atoms with Crippen molar-refractivity contribution in [2.75, 3.05) is 0 Å². The third-order valence-electron chi connectivity index (χ3n) is 3.94. The zero-order chi connectivity index (χ0) is 17.6. The van der Waals surface area contributed by atoms with Gasteiger partial charge in [-0.3, -0.25) is 0 Å². The summed E-state index contributed by atoms with van der Waals surface area (Å²) in [5.74, 6) is 0.630. The van der Waals surface area contributed by atoms with E-state index in [1.807, 2.05) is 71.4 Å². The van der Waals surface area contributed by atoms with Crippen LogP contribution in [0, 0.1) is 0 Å². The van der Waals surface area contributed by atoms with Crippen LogP contribution in [0.15, 0.2) is 94.0 Å². The Bertz CT molecular complexity index is 1110. The highest BCUT2D eigenvalue weighted by Crippen LogP contribution is 2.26. The first-order valence-corrected chi connectivity index (χ1v) is 9.33. The Morgan fingerprint density at radius 2 is 1.50 bits per heavy atom.